The third-order valence-electron chi connectivity index (χ3n) is 3.57. The molecule has 2 aromatic heterocycles. The molecule has 0 saturated heterocycles. The summed E-state index contributed by atoms with van der Waals surface area (Å²) in [7, 11) is 1.46. The van der Waals surface area contributed by atoms with E-state index in [0.29, 0.717) is 29.1 Å². The van der Waals surface area contributed by atoms with Gasteiger partial charge in [0.1, 0.15) is 0 Å². The fraction of sp³-hybridized carbons (Fsp3) is 0.417. The van der Waals surface area contributed by atoms with Crippen LogP contribution in [0.5, 0.6) is 5.75 Å². The molecule has 7 nitrogen and oxygen atoms in total. The third-order valence-corrected chi connectivity index (χ3v) is 4.67. The second-order valence-corrected chi connectivity index (χ2v) is 6.40. The molecule has 0 N–H and O–H groups in total. The van der Waals surface area contributed by atoms with Crippen molar-refractivity contribution in [2.75, 3.05) is 18.6 Å². The van der Waals surface area contributed by atoms with Crippen molar-refractivity contribution in [3.63, 3.8) is 0 Å². The number of fused-ring (bicyclic) bond motifs is 1. The van der Waals surface area contributed by atoms with Gasteiger partial charge in [0.25, 0.3) is 0 Å². The Bertz CT molecular complexity index is 712. The van der Waals surface area contributed by atoms with Crippen LogP contribution in [0, 0.1) is 17.0 Å². The molecule has 3 rings (SSSR count). The molecule has 2 aromatic rings. The number of nitrogens with zero attached hydrogens (tertiary/aromatic N) is 4. The summed E-state index contributed by atoms with van der Waals surface area (Å²) >= 11 is 7.22. The first-order valence-electron chi connectivity index (χ1n) is 6.29. The summed E-state index contributed by atoms with van der Waals surface area (Å²) in [5, 5.41) is 11.4. The quantitative estimate of drug-likeness (QED) is 0.637. The predicted molar refractivity (Wildman–Crippen MR) is 80.5 cm³/mol. The Morgan fingerprint density at radius 1 is 1.57 bits per heavy atom. The van der Waals surface area contributed by atoms with Crippen molar-refractivity contribution >= 4 is 34.4 Å². The molecule has 0 aromatic carbocycles. The van der Waals surface area contributed by atoms with Gasteiger partial charge in [0, 0.05) is 24.2 Å². The number of ether oxygens (including phenoxy) is 1. The lowest BCUT2D eigenvalue weighted by Gasteiger charge is -2.15. The Kier molecular flexibility index (Phi) is 3.50. The topological polar surface area (TPSA) is 73.4 Å². The first-order chi connectivity index (χ1) is 10.0. The molecule has 0 bridgehead atoms. The number of hydrogen-bond donors (Lipinski definition) is 0. The van der Waals surface area contributed by atoms with Crippen LogP contribution >= 0.6 is 22.9 Å². The second kappa shape index (κ2) is 5.19. The largest absolute Gasteiger partial charge is 0.489 e. The van der Waals surface area contributed by atoms with Gasteiger partial charge in [-0.15, -0.1) is 11.3 Å². The standard InChI is InChI=1S/C12H13ClN4O3S/c1-7-10(20-2)9(17(18)19)11-15(3-4-16(7)11)6-8-5-14-12(13)21-8/h5H,3-4,6H2,1-2H3. The number of thiazole rings is 1. The highest BCUT2D eigenvalue weighted by atomic mass is 35.5. The van der Waals surface area contributed by atoms with Gasteiger partial charge in [-0.3, -0.25) is 10.1 Å². The maximum atomic E-state index is 11.4. The lowest BCUT2D eigenvalue weighted by atomic mass is 10.3. The zero-order valence-electron chi connectivity index (χ0n) is 11.5. The van der Waals surface area contributed by atoms with Gasteiger partial charge in [-0.1, -0.05) is 11.6 Å². The summed E-state index contributed by atoms with van der Waals surface area (Å²) in [6.45, 7) is 3.81. The Morgan fingerprint density at radius 3 is 2.90 bits per heavy atom. The molecule has 0 fully saturated rings. The summed E-state index contributed by atoms with van der Waals surface area (Å²) in [5.41, 5.74) is 0.812. The molecule has 0 amide bonds. The molecule has 0 spiro atoms. The van der Waals surface area contributed by atoms with E-state index in [4.69, 9.17) is 16.3 Å². The van der Waals surface area contributed by atoms with Crippen LogP contribution in [0.3, 0.4) is 0 Å². The zero-order chi connectivity index (χ0) is 15.1. The molecule has 0 saturated carbocycles. The second-order valence-electron chi connectivity index (χ2n) is 4.70. The van der Waals surface area contributed by atoms with E-state index in [0.717, 1.165) is 17.1 Å². The third kappa shape index (κ3) is 2.24. The van der Waals surface area contributed by atoms with Crippen LogP contribution in [0.4, 0.5) is 11.5 Å². The molecule has 0 aliphatic carbocycles. The normalized spacial score (nSPS) is 13.6. The maximum absolute atomic E-state index is 11.4. The lowest BCUT2D eigenvalue weighted by molar-refractivity contribution is -0.384. The lowest BCUT2D eigenvalue weighted by Crippen LogP contribution is -2.19. The average Bonchev–Trinajstić information content (AvgIpc) is 3.08. The fourth-order valence-electron chi connectivity index (χ4n) is 2.71. The van der Waals surface area contributed by atoms with E-state index in [9.17, 15) is 10.1 Å². The van der Waals surface area contributed by atoms with E-state index < -0.39 is 0 Å². The van der Waals surface area contributed by atoms with Crippen LogP contribution in [0.25, 0.3) is 0 Å². The van der Waals surface area contributed by atoms with E-state index in [2.05, 4.69) is 4.98 Å². The van der Waals surface area contributed by atoms with Crippen molar-refractivity contribution in [3.8, 4) is 5.75 Å². The van der Waals surface area contributed by atoms with Crippen LogP contribution in [-0.2, 0) is 13.1 Å². The SMILES string of the molecule is COc1c([N+](=O)[O-])c2n(c1C)CCN2Cc1cnc(Cl)s1. The molecular weight excluding hydrogens is 316 g/mol. The van der Waals surface area contributed by atoms with Gasteiger partial charge in [0.05, 0.1) is 24.3 Å². The van der Waals surface area contributed by atoms with Crippen molar-refractivity contribution in [2.24, 2.45) is 0 Å². The zero-order valence-corrected chi connectivity index (χ0v) is 13.1. The van der Waals surface area contributed by atoms with E-state index in [1.54, 1.807) is 6.20 Å². The van der Waals surface area contributed by atoms with Gasteiger partial charge in [0.2, 0.25) is 5.75 Å². The first-order valence-corrected chi connectivity index (χ1v) is 7.49. The molecule has 9 heteroatoms. The van der Waals surface area contributed by atoms with Gasteiger partial charge >= 0.3 is 5.69 Å². The van der Waals surface area contributed by atoms with Crippen molar-refractivity contribution < 1.29 is 9.66 Å². The van der Waals surface area contributed by atoms with Crippen LogP contribution < -0.4 is 9.64 Å². The summed E-state index contributed by atoms with van der Waals surface area (Å²) < 4.78 is 7.62. The van der Waals surface area contributed by atoms with Crippen molar-refractivity contribution in [3.05, 3.63) is 31.3 Å². The Morgan fingerprint density at radius 2 is 2.33 bits per heavy atom. The number of hydrogen-bond acceptors (Lipinski definition) is 6. The Hall–Kier alpha value is -1.80. The molecule has 1 aliphatic rings. The Balaban J connectivity index is 2.02. The number of halogens is 1. The van der Waals surface area contributed by atoms with Crippen LogP contribution in [0.2, 0.25) is 4.47 Å². The van der Waals surface area contributed by atoms with Crippen LogP contribution in [0.15, 0.2) is 6.20 Å². The van der Waals surface area contributed by atoms with E-state index in [1.165, 1.54) is 18.4 Å². The van der Waals surface area contributed by atoms with Crippen LogP contribution in [0.1, 0.15) is 10.6 Å². The van der Waals surface area contributed by atoms with E-state index in [1.807, 2.05) is 16.4 Å². The minimum absolute atomic E-state index is 0.0307. The smallest absolute Gasteiger partial charge is 0.353 e. The minimum Gasteiger partial charge on any atom is -0.489 e. The minimum atomic E-state index is -0.379. The number of methoxy groups -OCH3 is 1. The first kappa shape index (κ1) is 14.2. The molecule has 112 valence electrons. The summed E-state index contributed by atoms with van der Waals surface area (Å²) in [6.07, 6.45) is 1.70. The van der Waals surface area contributed by atoms with Crippen molar-refractivity contribution in [1.29, 1.82) is 0 Å². The number of nitro groups is 1. The molecule has 21 heavy (non-hydrogen) atoms. The molecule has 1 aliphatic heterocycles. The fourth-order valence-corrected chi connectivity index (χ4v) is 3.70. The number of rotatable bonds is 4. The van der Waals surface area contributed by atoms with Gasteiger partial charge in [-0.25, -0.2) is 4.98 Å². The van der Waals surface area contributed by atoms with Gasteiger partial charge in [-0.05, 0) is 6.92 Å². The highest BCUT2D eigenvalue weighted by molar-refractivity contribution is 7.15. The van der Waals surface area contributed by atoms with E-state index in [-0.39, 0.29) is 10.6 Å². The van der Waals surface area contributed by atoms with Crippen LogP contribution in [-0.4, -0.2) is 28.1 Å². The van der Waals surface area contributed by atoms with Gasteiger partial charge in [0.15, 0.2) is 10.3 Å². The molecule has 0 atom stereocenters. The molecule has 0 radical (unpaired) electrons. The highest BCUT2D eigenvalue weighted by Crippen LogP contribution is 2.45. The van der Waals surface area contributed by atoms with Crippen molar-refractivity contribution in [1.82, 2.24) is 9.55 Å². The monoisotopic (exact) mass is 328 g/mol. The predicted octanol–water partition coefficient (Wildman–Crippen LogP) is 2.84. The average molecular weight is 329 g/mol. The Labute approximate surface area is 129 Å². The highest BCUT2D eigenvalue weighted by Gasteiger charge is 2.37. The summed E-state index contributed by atoms with van der Waals surface area (Å²) in [6, 6.07) is 0. The van der Waals surface area contributed by atoms with Gasteiger partial charge in [-0.2, -0.15) is 0 Å². The van der Waals surface area contributed by atoms with Gasteiger partial charge < -0.3 is 14.2 Å². The van der Waals surface area contributed by atoms with E-state index >= 15 is 0 Å². The number of aromatic nitrogens is 2. The van der Waals surface area contributed by atoms with Crippen molar-refractivity contribution in [2.45, 2.75) is 20.0 Å². The summed E-state index contributed by atoms with van der Waals surface area (Å²) in [5.74, 6) is 0.931. The molecular formula is C12H13ClN4O3S. The molecule has 0 unspecified atom stereocenters. The molecule has 3 heterocycles. The maximum Gasteiger partial charge on any atom is 0.353 e. The number of anilines is 1. The summed E-state index contributed by atoms with van der Waals surface area (Å²) in [4.78, 5) is 18.0.